The third-order valence-corrected chi connectivity index (χ3v) is 6.10. The van der Waals surface area contributed by atoms with Gasteiger partial charge >= 0.3 is 0 Å². The molecule has 0 aliphatic carbocycles. The molecule has 3 aromatic rings. The summed E-state index contributed by atoms with van der Waals surface area (Å²) in [5.41, 5.74) is 6.88. The predicted octanol–water partition coefficient (Wildman–Crippen LogP) is 5.27. The van der Waals surface area contributed by atoms with Crippen LogP contribution in [0.3, 0.4) is 0 Å². The number of para-hydroxylation sites is 1. The Morgan fingerprint density at radius 3 is 2.63 bits per heavy atom. The number of benzene rings is 3. The van der Waals surface area contributed by atoms with E-state index in [9.17, 15) is 0 Å². The minimum Gasteiger partial charge on any atom is -0.464 e. The quantitative estimate of drug-likeness (QED) is 0.589. The van der Waals surface area contributed by atoms with Crippen molar-refractivity contribution in [2.45, 2.75) is 32.5 Å². The van der Waals surface area contributed by atoms with E-state index in [0.717, 1.165) is 40.5 Å². The molecule has 3 heterocycles. The number of hydrazone groups is 1. The van der Waals surface area contributed by atoms with Crippen molar-refractivity contribution in [1.82, 2.24) is 5.01 Å². The summed E-state index contributed by atoms with van der Waals surface area (Å²) in [6.07, 6.45) is 0.568. The van der Waals surface area contributed by atoms with E-state index in [1.807, 2.05) is 18.2 Å². The highest BCUT2D eigenvalue weighted by atomic mass is 16.7. The summed E-state index contributed by atoms with van der Waals surface area (Å²) in [4.78, 5) is 0. The molecular formula is C25H22N2O3. The van der Waals surface area contributed by atoms with Crippen molar-refractivity contribution < 1.29 is 14.2 Å². The lowest BCUT2D eigenvalue weighted by Crippen LogP contribution is -2.34. The first-order chi connectivity index (χ1) is 14.7. The van der Waals surface area contributed by atoms with Crippen molar-refractivity contribution in [3.63, 3.8) is 0 Å². The highest BCUT2D eigenvalue weighted by Gasteiger charge is 2.41. The van der Waals surface area contributed by atoms with E-state index in [0.29, 0.717) is 0 Å². The molecule has 5 heteroatoms. The van der Waals surface area contributed by atoms with Crippen molar-refractivity contribution in [1.29, 1.82) is 0 Å². The van der Waals surface area contributed by atoms with E-state index in [-0.39, 0.29) is 19.1 Å². The molecular weight excluding hydrogens is 376 g/mol. The Balaban J connectivity index is 1.44. The highest BCUT2D eigenvalue weighted by molar-refractivity contribution is 6.02. The van der Waals surface area contributed by atoms with Gasteiger partial charge in [-0.05, 0) is 43.7 Å². The van der Waals surface area contributed by atoms with E-state index < -0.39 is 0 Å². The summed E-state index contributed by atoms with van der Waals surface area (Å²) in [5, 5.41) is 7.18. The number of hydrogen-bond donors (Lipinski definition) is 0. The summed E-state index contributed by atoms with van der Waals surface area (Å²) in [7, 11) is 0. The minimum atomic E-state index is -0.253. The van der Waals surface area contributed by atoms with Crippen LogP contribution in [0.1, 0.15) is 46.5 Å². The maximum atomic E-state index is 6.48. The molecule has 0 spiro atoms. The molecule has 3 aromatic carbocycles. The highest BCUT2D eigenvalue weighted by Crippen LogP contribution is 2.48. The zero-order chi connectivity index (χ0) is 20.2. The molecule has 150 valence electrons. The van der Waals surface area contributed by atoms with E-state index in [1.165, 1.54) is 16.7 Å². The topological polar surface area (TPSA) is 43.3 Å². The molecule has 0 saturated carbocycles. The first-order valence-corrected chi connectivity index (χ1v) is 10.3. The summed E-state index contributed by atoms with van der Waals surface area (Å²) in [6.45, 7) is 4.53. The van der Waals surface area contributed by atoms with E-state index in [4.69, 9.17) is 19.3 Å². The molecule has 2 atom stereocenters. The molecule has 6 rings (SSSR count). The van der Waals surface area contributed by atoms with Gasteiger partial charge in [0.1, 0.15) is 5.75 Å². The fourth-order valence-electron chi connectivity index (χ4n) is 4.59. The molecule has 0 fully saturated rings. The van der Waals surface area contributed by atoms with Crippen molar-refractivity contribution in [3.05, 3.63) is 88.5 Å². The lowest BCUT2D eigenvalue weighted by Gasteiger charge is -2.38. The van der Waals surface area contributed by atoms with Gasteiger partial charge in [0.2, 0.25) is 13.0 Å². The number of hydrogen-bond acceptors (Lipinski definition) is 5. The van der Waals surface area contributed by atoms with Crippen molar-refractivity contribution in [3.8, 4) is 17.2 Å². The molecule has 0 amide bonds. The van der Waals surface area contributed by atoms with Crippen LogP contribution in [0.15, 0.2) is 65.8 Å². The van der Waals surface area contributed by atoms with Gasteiger partial charge in [-0.25, -0.2) is 5.01 Å². The lowest BCUT2D eigenvalue weighted by atomic mass is 9.95. The van der Waals surface area contributed by atoms with Crippen LogP contribution in [0.2, 0.25) is 0 Å². The Kier molecular flexibility index (Phi) is 3.78. The van der Waals surface area contributed by atoms with Gasteiger partial charge in [0.15, 0.2) is 11.5 Å². The SMILES string of the molecule is Cc1ccc([C@@H]2Oc3ccccc3[C@@H]3CC(c4ccc5c(c4)OCO5)=NN32)c(C)c1. The maximum Gasteiger partial charge on any atom is 0.231 e. The van der Waals surface area contributed by atoms with Crippen LogP contribution >= 0.6 is 0 Å². The summed E-state index contributed by atoms with van der Waals surface area (Å²) >= 11 is 0. The minimum absolute atomic E-state index is 0.140. The van der Waals surface area contributed by atoms with Gasteiger partial charge in [0.25, 0.3) is 0 Å². The second kappa shape index (κ2) is 6.52. The molecule has 5 nitrogen and oxygen atoms in total. The smallest absolute Gasteiger partial charge is 0.231 e. The zero-order valence-corrected chi connectivity index (χ0v) is 17.0. The first-order valence-electron chi connectivity index (χ1n) is 10.3. The van der Waals surface area contributed by atoms with Gasteiger partial charge in [-0.1, -0.05) is 42.0 Å². The average molecular weight is 398 g/mol. The molecule has 0 saturated heterocycles. The molecule has 3 aliphatic heterocycles. The monoisotopic (exact) mass is 398 g/mol. The van der Waals surface area contributed by atoms with Gasteiger partial charge in [-0.15, -0.1) is 0 Å². The van der Waals surface area contributed by atoms with Crippen LogP contribution in [0.25, 0.3) is 0 Å². The summed E-state index contributed by atoms with van der Waals surface area (Å²) < 4.78 is 17.5. The van der Waals surface area contributed by atoms with Gasteiger partial charge in [0.05, 0.1) is 11.8 Å². The molecule has 0 N–H and O–H groups in total. The normalized spacial score (nSPS) is 21.0. The largest absolute Gasteiger partial charge is 0.464 e. The molecule has 0 radical (unpaired) electrons. The van der Waals surface area contributed by atoms with Crippen molar-refractivity contribution in [2.75, 3.05) is 6.79 Å². The van der Waals surface area contributed by atoms with Crippen molar-refractivity contribution >= 4 is 5.71 Å². The molecule has 3 aliphatic rings. The second-order valence-corrected chi connectivity index (χ2v) is 8.08. The maximum absolute atomic E-state index is 6.48. The molecule has 30 heavy (non-hydrogen) atoms. The predicted molar refractivity (Wildman–Crippen MR) is 114 cm³/mol. The average Bonchev–Trinajstić information content (AvgIpc) is 3.40. The Morgan fingerprint density at radius 2 is 1.73 bits per heavy atom. The molecule has 0 aromatic heterocycles. The summed E-state index contributed by atoms with van der Waals surface area (Å²) in [6, 6.07) is 21.0. The fraction of sp³-hybridized carbons (Fsp3) is 0.240. The number of ether oxygens (including phenoxy) is 3. The van der Waals surface area contributed by atoms with Crippen LogP contribution in [0, 0.1) is 13.8 Å². The van der Waals surface area contributed by atoms with Gasteiger partial charge < -0.3 is 14.2 Å². The second-order valence-electron chi connectivity index (χ2n) is 8.08. The van der Waals surface area contributed by atoms with E-state index >= 15 is 0 Å². The standard InChI is InChI=1S/C25H22N2O3/c1-15-7-9-18(16(2)11-15)25-27-21(19-5-3-4-6-22(19)30-25)13-20(26-27)17-8-10-23-24(12-17)29-14-28-23/h3-12,21,25H,13-14H2,1-2H3/t21-,25-/m0/s1. The van der Waals surface area contributed by atoms with Crippen LogP contribution in [0.4, 0.5) is 0 Å². The van der Waals surface area contributed by atoms with Gasteiger partial charge in [-0.2, -0.15) is 5.10 Å². The molecule has 0 bridgehead atoms. The van der Waals surface area contributed by atoms with Crippen LogP contribution in [0.5, 0.6) is 17.2 Å². The van der Waals surface area contributed by atoms with Crippen molar-refractivity contribution in [2.24, 2.45) is 5.10 Å². The van der Waals surface area contributed by atoms with E-state index in [1.54, 1.807) is 0 Å². The number of fused-ring (bicyclic) bond motifs is 4. The number of aryl methyl sites for hydroxylation is 2. The number of rotatable bonds is 2. The molecule has 0 unspecified atom stereocenters. The third-order valence-electron chi connectivity index (χ3n) is 6.10. The van der Waals surface area contributed by atoms with Gasteiger partial charge in [0, 0.05) is 23.1 Å². The Bertz CT molecular complexity index is 1190. The zero-order valence-electron chi connectivity index (χ0n) is 17.0. The van der Waals surface area contributed by atoms with E-state index in [2.05, 4.69) is 61.3 Å². The van der Waals surface area contributed by atoms with Crippen LogP contribution in [-0.4, -0.2) is 17.5 Å². The number of nitrogens with zero attached hydrogens (tertiary/aromatic N) is 2. The Morgan fingerprint density at radius 1 is 0.867 bits per heavy atom. The third kappa shape index (κ3) is 2.65. The Hall–Kier alpha value is -3.47. The van der Waals surface area contributed by atoms with Crippen LogP contribution < -0.4 is 14.2 Å². The van der Waals surface area contributed by atoms with Crippen LogP contribution in [-0.2, 0) is 0 Å². The fourth-order valence-corrected chi connectivity index (χ4v) is 4.59. The van der Waals surface area contributed by atoms with Gasteiger partial charge in [-0.3, -0.25) is 0 Å². The Labute approximate surface area is 175 Å². The lowest BCUT2D eigenvalue weighted by molar-refractivity contribution is -0.0194. The first kappa shape index (κ1) is 17.4. The summed E-state index contributed by atoms with van der Waals surface area (Å²) in [5.74, 6) is 2.51.